The van der Waals surface area contributed by atoms with Crippen LogP contribution in [0, 0.1) is 5.82 Å². The molecule has 3 rings (SSSR count). The fraction of sp³-hybridized carbons (Fsp3) is 0.350. The maximum absolute atomic E-state index is 13.5. The normalized spacial score (nSPS) is 14.6. The van der Waals surface area contributed by atoms with Crippen LogP contribution in [0.1, 0.15) is 19.3 Å². The average molecular weight is 405 g/mol. The molecule has 0 bridgehead atoms. The third-order valence-corrected chi connectivity index (χ3v) is 5.80. The number of nitrogens with zero attached hydrogens (tertiary/aromatic N) is 2. The van der Waals surface area contributed by atoms with Gasteiger partial charge in [0, 0.05) is 24.5 Å². The van der Waals surface area contributed by atoms with E-state index in [0.29, 0.717) is 5.69 Å². The predicted octanol–water partition coefficient (Wildman–Crippen LogP) is 3.22. The fourth-order valence-electron chi connectivity index (χ4n) is 3.27. The van der Waals surface area contributed by atoms with Crippen molar-refractivity contribution < 1.29 is 17.6 Å². The summed E-state index contributed by atoms with van der Waals surface area (Å²) in [7, 11) is -3.74. The number of rotatable bonds is 6. The Balaban J connectivity index is 1.67. The molecule has 0 saturated carbocycles. The molecule has 1 saturated heterocycles. The van der Waals surface area contributed by atoms with E-state index in [1.54, 1.807) is 12.1 Å². The van der Waals surface area contributed by atoms with Gasteiger partial charge in [-0.3, -0.25) is 9.10 Å². The van der Waals surface area contributed by atoms with Crippen LogP contribution in [0.15, 0.2) is 48.5 Å². The summed E-state index contributed by atoms with van der Waals surface area (Å²) in [6.07, 6.45) is 4.60. The van der Waals surface area contributed by atoms with Crippen molar-refractivity contribution in [2.45, 2.75) is 19.3 Å². The minimum absolute atomic E-state index is 0.109. The first-order valence-corrected chi connectivity index (χ1v) is 11.1. The topological polar surface area (TPSA) is 69.7 Å². The van der Waals surface area contributed by atoms with Gasteiger partial charge in [0.25, 0.3) is 0 Å². The molecule has 6 nitrogen and oxygen atoms in total. The number of carbonyl (C=O) groups is 1. The Morgan fingerprint density at radius 3 is 2.39 bits per heavy atom. The van der Waals surface area contributed by atoms with Crippen LogP contribution >= 0.6 is 0 Å². The van der Waals surface area contributed by atoms with Crippen LogP contribution in [-0.2, 0) is 14.8 Å². The molecule has 1 amide bonds. The van der Waals surface area contributed by atoms with Gasteiger partial charge in [-0.15, -0.1) is 0 Å². The molecule has 150 valence electrons. The Bertz CT molecular complexity index is 926. The smallest absolute Gasteiger partial charge is 0.245 e. The van der Waals surface area contributed by atoms with Crippen molar-refractivity contribution >= 4 is 33.0 Å². The van der Waals surface area contributed by atoms with Crippen LogP contribution in [0.4, 0.5) is 21.5 Å². The summed E-state index contributed by atoms with van der Waals surface area (Å²) in [5.41, 5.74) is 1.80. The lowest BCUT2D eigenvalue weighted by atomic mass is 10.1. The highest BCUT2D eigenvalue weighted by molar-refractivity contribution is 7.92. The molecular formula is C20H24FN3O3S. The lowest BCUT2D eigenvalue weighted by Gasteiger charge is -2.28. The molecule has 1 aliphatic rings. The Morgan fingerprint density at radius 1 is 1.11 bits per heavy atom. The van der Waals surface area contributed by atoms with Crippen LogP contribution in [0.25, 0.3) is 0 Å². The number of hydrogen-bond donors (Lipinski definition) is 1. The first kappa shape index (κ1) is 20.1. The Kier molecular flexibility index (Phi) is 6.18. The molecule has 1 N–H and O–H groups in total. The summed E-state index contributed by atoms with van der Waals surface area (Å²) in [5.74, 6) is -1.07. The van der Waals surface area contributed by atoms with E-state index in [0.717, 1.165) is 35.4 Å². The zero-order valence-corrected chi connectivity index (χ0v) is 16.6. The van der Waals surface area contributed by atoms with Gasteiger partial charge in [0.05, 0.1) is 11.9 Å². The Labute approximate surface area is 165 Å². The van der Waals surface area contributed by atoms with Crippen molar-refractivity contribution in [1.29, 1.82) is 0 Å². The van der Waals surface area contributed by atoms with Gasteiger partial charge in [0.15, 0.2) is 0 Å². The fourth-order valence-corrected chi connectivity index (χ4v) is 4.12. The summed E-state index contributed by atoms with van der Waals surface area (Å²) < 4.78 is 38.5. The summed E-state index contributed by atoms with van der Waals surface area (Å²) in [6, 6.07) is 12.6. The van der Waals surface area contributed by atoms with Crippen LogP contribution in [0.5, 0.6) is 0 Å². The van der Waals surface area contributed by atoms with Crippen LogP contribution in [0.3, 0.4) is 0 Å². The number of benzene rings is 2. The summed E-state index contributed by atoms with van der Waals surface area (Å²) in [4.78, 5) is 14.7. The van der Waals surface area contributed by atoms with Gasteiger partial charge in [0.1, 0.15) is 12.4 Å². The van der Waals surface area contributed by atoms with Gasteiger partial charge in [-0.2, -0.15) is 0 Å². The summed E-state index contributed by atoms with van der Waals surface area (Å²) in [5, 5.41) is 2.70. The lowest BCUT2D eigenvalue weighted by molar-refractivity contribution is -0.114. The Morgan fingerprint density at radius 2 is 1.79 bits per heavy atom. The second-order valence-corrected chi connectivity index (χ2v) is 8.80. The first-order chi connectivity index (χ1) is 13.3. The van der Waals surface area contributed by atoms with Crippen molar-refractivity contribution in [2.24, 2.45) is 0 Å². The molecule has 2 aromatic rings. The van der Waals surface area contributed by atoms with Gasteiger partial charge in [-0.05, 0) is 61.7 Å². The minimum Gasteiger partial charge on any atom is -0.372 e. The van der Waals surface area contributed by atoms with Crippen molar-refractivity contribution in [1.82, 2.24) is 0 Å². The van der Waals surface area contributed by atoms with E-state index in [9.17, 15) is 17.6 Å². The second-order valence-electron chi connectivity index (χ2n) is 6.89. The van der Waals surface area contributed by atoms with Crippen molar-refractivity contribution in [3.05, 3.63) is 54.3 Å². The molecule has 0 spiro atoms. The van der Waals surface area contributed by atoms with E-state index < -0.39 is 28.3 Å². The number of hydrogen-bond acceptors (Lipinski definition) is 4. The van der Waals surface area contributed by atoms with Crippen molar-refractivity contribution in [3.63, 3.8) is 0 Å². The van der Waals surface area contributed by atoms with Gasteiger partial charge < -0.3 is 10.2 Å². The zero-order valence-electron chi connectivity index (χ0n) is 15.8. The van der Waals surface area contributed by atoms with Gasteiger partial charge in [-0.1, -0.05) is 6.07 Å². The molecule has 1 heterocycles. The third kappa shape index (κ3) is 5.22. The second kappa shape index (κ2) is 8.60. The monoisotopic (exact) mass is 405 g/mol. The van der Waals surface area contributed by atoms with Crippen molar-refractivity contribution in [2.75, 3.05) is 40.4 Å². The van der Waals surface area contributed by atoms with E-state index in [1.807, 2.05) is 12.1 Å². The molecule has 0 unspecified atom stereocenters. The highest BCUT2D eigenvalue weighted by Crippen LogP contribution is 2.22. The molecule has 2 aromatic carbocycles. The molecule has 0 aliphatic carbocycles. The van der Waals surface area contributed by atoms with E-state index >= 15 is 0 Å². The van der Waals surface area contributed by atoms with E-state index in [1.165, 1.54) is 37.5 Å². The standard InChI is InChI=1S/C20H24FN3O3S/c1-28(26,27)24(19-7-5-6-16(21)14-19)15-20(25)22-17-8-10-18(11-9-17)23-12-3-2-4-13-23/h5-11,14H,2-4,12-13,15H2,1H3,(H,22,25). The SMILES string of the molecule is CS(=O)(=O)N(CC(=O)Nc1ccc(N2CCCCC2)cc1)c1cccc(F)c1. The number of halogens is 1. The van der Waals surface area contributed by atoms with E-state index in [-0.39, 0.29) is 5.69 Å². The predicted molar refractivity (Wildman–Crippen MR) is 110 cm³/mol. The molecule has 28 heavy (non-hydrogen) atoms. The van der Waals surface area contributed by atoms with E-state index in [2.05, 4.69) is 10.2 Å². The highest BCUT2D eigenvalue weighted by Gasteiger charge is 2.21. The largest absolute Gasteiger partial charge is 0.372 e. The van der Waals surface area contributed by atoms with Crippen LogP contribution in [0.2, 0.25) is 0 Å². The summed E-state index contributed by atoms with van der Waals surface area (Å²) >= 11 is 0. The number of piperidine rings is 1. The molecule has 0 radical (unpaired) electrons. The maximum Gasteiger partial charge on any atom is 0.245 e. The third-order valence-electron chi connectivity index (χ3n) is 4.66. The number of nitrogens with one attached hydrogen (secondary N) is 1. The Hall–Kier alpha value is -2.61. The quantitative estimate of drug-likeness (QED) is 0.801. The average Bonchev–Trinajstić information content (AvgIpc) is 2.66. The van der Waals surface area contributed by atoms with Crippen molar-refractivity contribution in [3.8, 4) is 0 Å². The maximum atomic E-state index is 13.5. The van der Waals surface area contributed by atoms with Crippen LogP contribution in [-0.4, -0.2) is 40.2 Å². The van der Waals surface area contributed by atoms with Gasteiger partial charge in [0.2, 0.25) is 15.9 Å². The minimum atomic E-state index is -3.74. The number of anilines is 3. The zero-order chi connectivity index (χ0) is 20.1. The molecule has 1 aliphatic heterocycles. The van der Waals surface area contributed by atoms with E-state index in [4.69, 9.17) is 0 Å². The number of carbonyl (C=O) groups excluding carboxylic acids is 1. The highest BCUT2D eigenvalue weighted by atomic mass is 32.2. The van der Waals surface area contributed by atoms with Gasteiger partial charge in [-0.25, -0.2) is 12.8 Å². The molecule has 8 heteroatoms. The van der Waals surface area contributed by atoms with Crippen LogP contribution < -0.4 is 14.5 Å². The lowest BCUT2D eigenvalue weighted by Crippen LogP contribution is -2.37. The molecular weight excluding hydrogens is 381 g/mol. The number of amides is 1. The van der Waals surface area contributed by atoms with Gasteiger partial charge >= 0.3 is 0 Å². The molecule has 1 fully saturated rings. The summed E-state index contributed by atoms with van der Waals surface area (Å²) in [6.45, 7) is 1.63. The molecule has 0 atom stereocenters. The number of sulfonamides is 1. The first-order valence-electron chi connectivity index (χ1n) is 9.21. The molecule has 0 aromatic heterocycles.